The predicted octanol–water partition coefficient (Wildman–Crippen LogP) is 8.74. The van der Waals surface area contributed by atoms with Crippen LogP contribution in [0.5, 0.6) is 0 Å². The van der Waals surface area contributed by atoms with Crippen LogP contribution in [0.3, 0.4) is 0 Å². The van der Waals surface area contributed by atoms with Crippen LogP contribution in [-0.4, -0.2) is 9.97 Å². The fraction of sp³-hybridized carbons (Fsp3) is 0.118. The molecule has 0 saturated heterocycles. The van der Waals surface area contributed by atoms with E-state index >= 15 is 0 Å². The van der Waals surface area contributed by atoms with Crippen molar-refractivity contribution in [2.45, 2.75) is 23.3 Å². The van der Waals surface area contributed by atoms with E-state index in [9.17, 15) is 0 Å². The Morgan fingerprint density at radius 3 is 1.35 bits per heavy atom. The lowest BCUT2D eigenvalue weighted by molar-refractivity contribution is 0.736. The largest absolute Gasteiger partial charge is 0.251 e. The van der Waals surface area contributed by atoms with E-state index in [1.54, 1.807) is 0 Å². The van der Waals surface area contributed by atoms with Crippen LogP contribution >= 0.6 is 11.8 Å². The average molecular weight is 493 g/mol. The molecule has 2 nitrogen and oxygen atoms in total. The molecular weight excluding hydrogens is 468 g/mol. The van der Waals surface area contributed by atoms with Gasteiger partial charge in [0.15, 0.2) is 0 Å². The highest BCUT2D eigenvalue weighted by atomic mass is 32.2. The van der Waals surface area contributed by atoms with E-state index in [1.807, 2.05) is 0 Å². The maximum Gasteiger partial charge on any atom is 0.0712 e. The van der Waals surface area contributed by atoms with Crippen LogP contribution < -0.4 is 0 Å². The molecule has 4 aromatic carbocycles. The van der Waals surface area contributed by atoms with Gasteiger partial charge in [0, 0.05) is 10.8 Å². The summed E-state index contributed by atoms with van der Waals surface area (Å²) in [7, 11) is 0. The minimum Gasteiger partial charge on any atom is -0.251 e. The molecule has 0 fully saturated rings. The summed E-state index contributed by atoms with van der Waals surface area (Å²) < 4.78 is 0. The molecule has 0 N–H and O–H groups in total. The molecule has 6 aromatic rings. The summed E-state index contributed by atoms with van der Waals surface area (Å²) in [4.78, 5) is 10.6. The number of rotatable bonds is 2. The lowest BCUT2D eigenvalue weighted by Gasteiger charge is -2.38. The summed E-state index contributed by atoms with van der Waals surface area (Å²) in [6, 6.07) is 39.0. The number of hydrogen-bond acceptors (Lipinski definition) is 3. The first-order chi connectivity index (χ1) is 18.3. The highest BCUT2D eigenvalue weighted by Crippen LogP contribution is 2.57. The summed E-state index contributed by atoms with van der Waals surface area (Å²) in [5.41, 5.74) is 12.8. The van der Waals surface area contributed by atoms with Gasteiger partial charge in [-0.3, -0.25) is 9.97 Å². The molecule has 2 aliphatic heterocycles. The van der Waals surface area contributed by atoms with Crippen molar-refractivity contribution in [2.24, 2.45) is 0 Å². The van der Waals surface area contributed by atoms with Gasteiger partial charge in [0.05, 0.1) is 32.9 Å². The van der Waals surface area contributed by atoms with Gasteiger partial charge in [-0.2, -0.15) is 0 Å². The number of thioether (sulfide) groups is 1. The third kappa shape index (κ3) is 3.27. The van der Waals surface area contributed by atoms with Crippen molar-refractivity contribution in [3.05, 3.63) is 132 Å². The maximum atomic E-state index is 5.32. The molecule has 0 radical (unpaired) electrons. The van der Waals surface area contributed by atoms with Gasteiger partial charge in [-0.25, -0.2) is 0 Å². The van der Waals surface area contributed by atoms with E-state index in [4.69, 9.17) is 9.97 Å². The fourth-order valence-electron chi connectivity index (χ4n) is 6.34. The van der Waals surface area contributed by atoms with Gasteiger partial charge >= 0.3 is 0 Å². The molecule has 2 aromatic heterocycles. The fourth-order valence-corrected chi connectivity index (χ4v) is 7.91. The molecule has 0 saturated carbocycles. The standard InChI is InChI=1S/C34H24N2S/c1-3-11-21(12-4-1)31-23-15-7-9-17-27(23)35-33-25(31)19-29-34-26(20-30(33)37-29)32(22-13-5-2-6-14-22)24-16-8-10-18-28(24)36-34/h1-18,29-30H,19-20H2/t29-,30-/m0/s1. The molecule has 176 valence electrons. The Balaban J connectivity index is 1.39. The third-order valence-electron chi connectivity index (χ3n) is 7.89. The van der Waals surface area contributed by atoms with Gasteiger partial charge < -0.3 is 0 Å². The summed E-state index contributed by atoms with van der Waals surface area (Å²) >= 11 is 2.06. The molecular formula is C34H24N2S. The van der Waals surface area contributed by atoms with Crippen molar-refractivity contribution in [1.29, 1.82) is 0 Å². The quantitative estimate of drug-likeness (QED) is 0.242. The average Bonchev–Trinajstić information content (AvgIpc) is 2.96. The van der Waals surface area contributed by atoms with Crippen LogP contribution in [-0.2, 0) is 12.8 Å². The first kappa shape index (κ1) is 21.2. The lowest BCUT2D eigenvalue weighted by Crippen LogP contribution is -2.24. The van der Waals surface area contributed by atoms with E-state index in [0.29, 0.717) is 10.5 Å². The first-order valence-electron chi connectivity index (χ1n) is 12.9. The van der Waals surface area contributed by atoms with Crippen LogP contribution in [0.1, 0.15) is 33.0 Å². The van der Waals surface area contributed by atoms with E-state index < -0.39 is 0 Å². The SMILES string of the molecule is c1ccc(-c2c3c(nc4ccccc24)[C@@H]2Cc4c(nc5ccccc5c4-c4ccccc4)[C@H](C3)S2)cc1. The summed E-state index contributed by atoms with van der Waals surface area (Å²) in [5.74, 6) is 0. The smallest absolute Gasteiger partial charge is 0.0712 e. The molecule has 37 heavy (non-hydrogen) atoms. The predicted molar refractivity (Wildman–Crippen MR) is 155 cm³/mol. The highest BCUT2D eigenvalue weighted by molar-refractivity contribution is 7.99. The molecule has 4 heterocycles. The Kier molecular flexibility index (Phi) is 4.74. The Morgan fingerprint density at radius 2 is 0.892 bits per heavy atom. The zero-order valence-corrected chi connectivity index (χ0v) is 21.1. The van der Waals surface area contributed by atoms with Crippen LogP contribution in [0, 0.1) is 0 Å². The Bertz CT molecular complexity index is 1680. The third-order valence-corrected chi connectivity index (χ3v) is 9.33. The monoisotopic (exact) mass is 492 g/mol. The second-order valence-electron chi connectivity index (χ2n) is 9.99. The van der Waals surface area contributed by atoms with Gasteiger partial charge in [0.1, 0.15) is 0 Å². The van der Waals surface area contributed by atoms with Crippen molar-refractivity contribution < 1.29 is 0 Å². The molecule has 0 unspecified atom stereocenters. The van der Waals surface area contributed by atoms with Gasteiger partial charge in [0.25, 0.3) is 0 Å². The molecule has 3 heteroatoms. The van der Waals surface area contributed by atoms with E-state index in [2.05, 4.69) is 121 Å². The highest BCUT2D eigenvalue weighted by Gasteiger charge is 2.39. The number of fused-ring (bicyclic) bond motifs is 8. The minimum atomic E-state index is 0.318. The lowest BCUT2D eigenvalue weighted by atomic mass is 9.83. The topological polar surface area (TPSA) is 25.8 Å². The number of benzene rings is 4. The number of nitrogens with zero attached hydrogens (tertiary/aromatic N) is 2. The Morgan fingerprint density at radius 1 is 0.486 bits per heavy atom. The second-order valence-corrected chi connectivity index (χ2v) is 11.4. The van der Waals surface area contributed by atoms with Crippen LogP contribution in [0.15, 0.2) is 109 Å². The van der Waals surface area contributed by atoms with Gasteiger partial charge in [0.2, 0.25) is 0 Å². The van der Waals surface area contributed by atoms with Gasteiger partial charge in [-0.05, 0) is 58.4 Å². The van der Waals surface area contributed by atoms with Crippen molar-refractivity contribution >= 4 is 33.6 Å². The van der Waals surface area contributed by atoms with Gasteiger partial charge in [-0.15, -0.1) is 11.8 Å². The summed E-state index contributed by atoms with van der Waals surface area (Å²) in [6.45, 7) is 0. The Hall–Kier alpha value is -3.95. The van der Waals surface area contributed by atoms with E-state index in [-0.39, 0.29) is 0 Å². The van der Waals surface area contributed by atoms with Crippen molar-refractivity contribution in [3.8, 4) is 22.3 Å². The molecule has 0 spiro atoms. The molecule has 2 atom stereocenters. The number of aromatic nitrogens is 2. The van der Waals surface area contributed by atoms with E-state index in [1.165, 1.54) is 55.5 Å². The van der Waals surface area contributed by atoms with Crippen LogP contribution in [0.4, 0.5) is 0 Å². The normalized spacial score (nSPS) is 17.9. The molecule has 0 amide bonds. The summed E-state index contributed by atoms with van der Waals surface area (Å²) in [6.07, 6.45) is 1.90. The zero-order valence-electron chi connectivity index (χ0n) is 20.3. The van der Waals surface area contributed by atoms with Gasteiger partial charge in [-0.1, -0.05) is 97.1 Å². The number of para-hydroxylation sites is 2. The molecule has 0 aliphatic carbocycles. The van der Waals surface area contributed by atoms with Crippen molar-refractivity contribution in [1.82, 2.24) is 9.97 Å². The molecule has 8 rings (SSSR count). The summed E-state index contributed by atoms with van der Waals surface area (Å²) in [5, 5.41) is 3.13. The van der Waals surface area contributed by atoms with Crippen molar-refractivity contribution in [2.75, 3.05) is 0 Å². The van der Waals surface area contributed by atoms with Crippen LogP contribution in [0.25, 0.3) is 44.1 Å². The first-order valence-corrected chi connectivity index (χ1v) is 13.9. The van der Waals surface area contributed by atoms with E-state index in [0.717, 1.165) is 23.9 Å². The molecule has 2 bridgehead atoms. The minimum absolute atomic E-state index is 0.318. The second kappa shape index (κ2) is 8.29. The van der Waals surface area contributed by atoms with Crippen molar-refractivity contribution in [3.63, 3.8) is 0 Å². The number of hydrogen-bond donors (Lipinski definition) is 0. The van der Waals surface area contributed by atoms with Crippen LogP contribution in [0.2, 0.25) is 0 Å². The number of pyridine rings is 2. The zero-order chi connectivity index (χ0) is 24.3. The maximum absolute atomic E-state index is 5.32. The molecule has 2 aliphatic rings. The Labute approximate surface area is 220 Å².